The van der Waals surface area contributed by atoms with Crippen LogP contribution in [0.5, 0.6) is 0 Å². The average molecular weight is 1730 g/mol. The molecule has 8 unspecified atom stereocenters. The molecule has 36 nitrogen and oxygen atoms in total. The number of nitrogens with zero attached hydrogens (tertiary/aromatic N) is 19. The van der Waals surface area contributed by atoms with Crippen molar-refractivity contribution in [3.8, 4) is 18.2 Å². The van der Waals surface area contributed by atoms with Crippen molar-refractivity contribution in [3.05, 3.63) is 10.4 Å². The van der Waals surface area contributed by atoms with Crippen LogP contribution in [0.4, 0.5) is 28.8 Å². The van der Waals surface area contributed by atoms with Gasteiger partial charge in [0.25, 0.3) is 0 Å². The third-order valence-electron chi connectivity index (χ3n) is 29.8. The molecule has 0 bridgehead atoms. The van der Waals surface area contributed by atoms with Gasteiger partial charge in [0.1, 0.15) is 12.3 Å². The number of azide groups is 1. The van der Waals surface area contributed by atoms with Crippen molar-refractivity contribution in [2.24, 2.45) is 109 Å². The number of aliphatic carboxylic acids is 3. The van der Waals surface area contributed by atoms with Gasteiger partial charge in [0.2, 0.25) is 11.8 Å². The largest absolute Gasteiger partial charge is 0.481 e. The summed E-state index contributed by atoms with van der Waals surface area (Å²) in [7, 11) is 21.4. The molecular weight excluding hydrogens is 1580 g/mol. The maximum absolute atomic E-state index is 12.6. The molecule has 14 amide bonds. The number of rotatable bonds is 14. The molecule has 123 heavy (non-hydrogen) atoms. The monoisotopic (exact) mass is 1720 g/mol. The quantitative estimate of drug-likeness (QED) is 0.0468. The lowest BCUT2D eigenvalue weighted by molar-refractivity contribution is -0.165. The Morgan fingerprint density at radius 1 is 0.447 bits per heavy atom. The van der Waals surface area contributed by atoms with Crippen molar-refractivity contribution < 1.29 is 83.1 Å². The van der Waals surface area contributed by atoms with Gasteiger partial charge in [-0.05, 0) is 209 Å². The van der Waals surface area contributed by atoms with Gasteiger partial charge in [0.15, 0.2) is 12.2 Å². The molecule has 7 saturated heterocycles. The SMILES string of the molecule is CCC1(C#N)C[C@H]2CN(C(=O)N(C)C)C[C@H]2C1.CCC1(C(=O)N=[N+]=[N-])C[C@H]2CN(C(=O)N(C)C)C[C@H]2C1.CCC1(C(=O)O)C[C@H]2CN(C(=O)N(C)C)C[C@H]2C1.CCC1(C=O)C[C@H]2CN(C(=O)N(C)C)C[C@H]2C1.CCC1(CCC(=O)N2CCC[C@H]2C#N)C[C@H]2CN(C(=O)N(C)C)C[C@H]2C1.CN(C)C(=O)N1C[C@H]2CC(C#N)C[C@H]2C1.O=C(O)C(O)C(O)C(=O)O. The fraction of sp³-hybridized carbons (Fsp3) is 0.828. The Morgan fingerprint density at radius 2 is 0.764 bits per heavy atom. The van der Waals surface area contributed by atoms with Gasteiger partial charge in [-0.1, -0.05) is 41.0 Å². The molecule has 13 fully saturated rings. The first-order chi connectivity index (χ1) is 57.8. The van der Waals surface area contributed by atoms with E-state index in [1.54, 1.807) is 105 Å². The minimum absolute atomic E-state index is 0.0304. The van der Waals surface area contributed by atoms with Gasteiger partial charge in [-0.25, -0.2) is 38.4 Å². The van der Waals surface area contributed by atoms with E-state index in [1.807, 2.05) is 57.3 Å². The first-order valence-electron chi connectivity index (χ1n) is 44.2. The summed E-state index contributed by atoms with van der Waals surface area (Å²) in [5.41, 5.74) is 7.45. The van der Waals surface area contributed by atoms with Gasteiger partial charge >= 0.3 is 54.1 Å². The molecule has 6 aliphatic carbocycles. The van der Waals surface area contributed by atoms with Crippen LogP contribution in [0.15, 0.2) is 5.11 Å². The van der Waals surface area contributed by atoms with Gasteiger partial charge in [-0.2, -0.15) is 15.8 Å². The summed E-state index contributed by atoms with van der Waals surface area (Å²) in [6.45, 7) is 20.7. The van der Waals surface area contributed by atoms with E-state index in [-0.39, 0.29) is 76.2 Å². The third kappa shape index (κ3) is 23.8. The molecular formula is C87H141N19O17. The molecule has 7 aliphatic heterocycles. The predicted octanol–water partition coefficient (Wildman–Crippen LogP) is 9.00. The molecule has 21 atom stereocenters. The number of carboxylic acid groups (broad SMARTS) is 3. The van der Waals surface area contributed by atoms with Crippen LogP contribution in [0, 0.1) is 138 Å². The van der Waals surface area contributed by atoms with Crippen molar-refractivity contribution in [2.45, 2.75) is 188 Å². The number of aliphatic hydroxyl groups excluding tert-OH is 2. The van der Waals surface area contributed by atoms with Crippen LogP contribution < -0.4 is 0 Å². The molecule has 0 aromatic carbocycles. The second-order valence-corrected chi connectivity index (χ2v) is 38.9. The molecule has 7 heterocycles. The van der Waals surface area contributed by atoms with E-state index < -0.39 is 40.9 Å². The third-order valence-corrected chi connectivity index (χ3v) is 29.8. The number of hydrogen-bond acceptors (Lipinski definition) is 17. The zero-order valence-electron chi connectivity index (χ0n) is 76.0. The smallest absolute Gasteiger partial charge is 0.335 e. The lowest BCUT2D eigenvalue weighted by atomic mass is 9.77. The molecule has 36 heteroatoms. The Kier molecular flexibility index (Phi) is 35.1. The topological polar surface area (TPSA) is 468 Å². The Bertz CT molecular complexity index is 3840. The molecule has 5 N–H and O–H groups in total. The molecule has 13 rings (SSSR count). The number of fused-ring (bicyclic) bond motifs is 6. The number of hydrogen-bond donors (Lipinski definition) is 5. The number of carbonyl (C=O) groups excluding carboxylic acids is 9. The first kappa shape index (κ1) is 101. The van der Waals surface area contributed by atoms with Crippen LogP contribution in [0.2, 0.25) is 0 Å². The summed E-state index contributed by atoms with van der Waals surface area (Å²) in [6.07, 6.45) is 15.2. The summed E-state index contributed by atoms with van der Waals surface area (Å²) < 4.78 is 0. The van der Waals surface area contributed by atoms with Crippen molar-refractivity contribution >= 4 is 72.2 Å². The summed E-state index contributed by atoms with van der Waals surface area (Å²) in [5, 5.41) is 72.6. The molecule has 0 radical (unpaired) electrons. The van der Waals surface area contributed by atoms with Gasteiger partial charge in [-0.3, -0.25) is 14.4 Å². The maximum Gasteiger partial charge on any atom is 0.335 e. The van der Waals surface area contributed by atoms with Gasteiger partial charge in [0.05, 0.1) is 29.0 Å². The zero-order chi connectivity index (χ0) is 91.9. The summed E-state index contributed by atoms with van der Waals surface area (Å²) in [6, 6.07) is 7.42. The van der Waals surface area contributed by atoms with Crippen molar-refractivity contribution in [3.63, 3.8) is 0 Å². The van der Waals surface area contributed by atoms with Crippen molar-refractivity contribution in [1.82, 2.24) is 63.7 Å². The van der Waals surface area contributed by atoms with E-state index in [4.69, 9.17) is 31.2 Å². The summed E-state index contributed by atoms with van der Waals surface area (Å²) in [5.74, 6) is 1.71. The van der Waals surface area contributed by atoms with Crippen LogP contribution >= 0.6 is 0 Å². The molecule has 0 spiro atoms. The molecule has 0 aromatic heterocycles. The number of carbonyl (C=O) groups is 12. The van der Waals surface area contributed by atoms with E-state index in [0.717, 1.165) is 194 Å². The predicted molar refractivity (Wildman–Crippen MR) is 454 cm³/mol. The van der Waals surface area contributed by atoms with Crippen LogP contribution in [0.25, 0.3) is 10.4 Å². The van der Waals surface area contributed by atoms with E-state index in [2.05, 4.69) is 49.0 Å². The van der Waals surface area contributed by atoms with Crippen LogP contribution in [-0.4, -0.2) is 349 Å². The fourth-order valence-electron chi connectivity index (χ4n) is 22.6. The highest BCUT2D eigenvalue weighted by atomic mass is 16.4. The van der Waals surface area contributed by atoms with Crippen LogP contribution in [0.1, 0.15) is 169 Å². The summed E-state index contributed by atoms with van der Waals surface area (Å²) >= 11 is 0. The zero-order valence-corrected chi connectivity index (χ0v) is 76.0. The minimum atomic E-state index is -2.27. The van der Waals surface area contributed by atoms with E-state index in [1.165, 1.54) is 0 Å². The molecule has 6 saturated carbocycles. The number of urea groups is 6. The van der Waals surface area contributed by atoms with E-state index >= 15 is 0 Å². The second kappa shape index (κ2) is 43.0. The van der Waals surface area contributed by atoms with E-state index in [9.17, 15) is 73.2 Å². The number of nitriles is 3. The number of aldehydes is 1. The maximum atomic E-state index is 12.6. The Balaban J connectivity index is 0.000000200. The van der Waals surface area contributed by atoms with Gasteiger partial charge < -0.3 is 94.0 Å². The summed E-state index contributed by atoms with van der Waals surface area (Å²) in [4.78, 5) is 164. The number of likely N-dealkylation sites (tertiary alicyclic amines) is 7. The standard InChI is InChI=1S/C20H32N4O2.C13H21N5O2.C13H21N3O.C13H22N2O3.C13H22N2O2.C11H17N3O.C4H6O6/c1-4-20(8-7-18(25)24-9-5-6-17(24)12-21)10-15-13-23(14-16(15)11-20)19(26)22(2)3;1-4-13(11(19)15-16-14)5-9-7-18(8-10(9)6-13)12(20)17(2)3;1-4-13(9-14)5-10-7-16(8-11(10)6-13)12(17)15(2)3;1-4-13(11(16)17)5-9-7-15(8-10(9)6-13)12(18)14(2)3;1-4-13(9-16)5-10-7-15(8-11(10)6-13)12(17)14(2)3;1-13(2)11(15)14-6-9-3-8(5-12)4-10(9)7-14;5-1(3(7)8)2(6)4(9)10/h15-17H,4-11,13-14H2,1-3H3;9-10H,4-8H2,1-3H3;10-11H,4-8H2,1-3H3;9-10H,4-8H2,1-3H3,(H,16,17);9-11H,4-8H2,1-3H3;8-10H,3-4,6-7H2,1-2H3;1-2,5-6H,(H,7,8)(H,9,10)/t15-,16+,17-,20?;9-,10+,13?;10-,11+,13?;9-,10+,13?;10-,11+,13?;8?,9-,10+;/m0....../s1. The second-order valence-electron chi connectivity index (χ2n) is 38.9. The normalized spacial score (nSPS) is 32.5. The lowest BCUT2D eigenvalue weighted by Gasteiger charge is -2.31. The fourth-order valence-corrected chi connectivity index (χ4v) is 22.6. The van der Waals surface area contributed by atoms with Gasteiger partial charge in [-0.15, -0.1) is 0 Å². The highest BCUT2D eigenvalue weighted by Crippen LogP contribution is 2.57. The highest BCUT2D eigenvalue weighted by Gasteiger charge is 2.57. The van der Waals surface area contributed by atoms with Gasteiger partial charge in [0, 0.05) is 198 Å². The first-order valence-corrected chi connectivity index (χ1v) is 44.2. The minimum Gasteiger partial charge on any atom is -0.481 e. The molecule has 0 aromatic rings. The number of amides is 14. The van der Waals surface area contributed by atoms with Crippen LogP contribution in [0.3, 0.4) is 0 Å². The lowest BCUT2D eigenvalue weighted by Crippen LogP contribution is -2.39. The Hall–Kier alpha value is -9.46. The average Bonchev–Trinajstić information content (AvgIpc) is 1.64. The van der Waals surface area contributed by atoms with Crippen LogP contribution in [-0.2, 0) is 28.8 Å². The number of aliphatic hydroxyl groups is 2. The Morgan fingerprint density at radius 3 is 1.02 bits per heavy atom. The Labute approximate surface area is 726 Å². The van der Waals surface area contributed by atoms with E-state index in [0.29, 0.717) is 103 Å². The number of carboxylic acids is 3. The molecule has 686 valence electrons. The van der Waals surface area contributed by atoms with Crippen molar-refractivity contribution in [1.29, 1.82) is 15.8 Å². The molecule has 13 aliphatic rings. The van der Waals surface area contributed by atoms with Crippen molar-refractivity contribution in [2.75, 3.05) is 170 Å². The highest BCUT2D eigenvalue weighted by molar-refractivity contribution is 5.85.